The number of piperazine rings is 1. The zero-order valence-corrected chi connectivity index (χ0v) is 11.4. The van der Waals surface area contributed by atoms with Crippen LogP contribution >= 0.6 is 0 Å². The van der Waals surface area contributed by atoms with Crippen LogP contribution in [0.25, 0.3) is 0 Å². The molecule has 0 aromatic heterocycles. The summed E-state index contributed by atoms with van der Waals surface area (Å²) in [6, 6.07) is 0. The van der Waals surface area contributed by atoms with E-state index in [0.717, 1.165) is 0 Å². The van der Waals surface area contributed by atoms with E-state index in [1.165, 1.54) is 0 Å². The highest BCUT2D eigenvalue weighted by Crippen LogP contribution is 2.20. The average Bonchev–Trinajstić information content (AvgIpc) is 2.41. The smallest absolute Gasteiger partial charge is 0.217 e. The Balaban J connectivity index is 1.91. The van der Waals surface area contributed by atoms with Gasteiger partial charge in [0.15, 0.2) is 0 Å². The molecule has 0 unspecified atom stereocenters. The molecular weight excluding hydrogens is 256 g/mol. The van der Waals surface area contributed by atoms with Gasteiger partial charge in [0.05, 0.1) is 11.9 Å². The van der Waals surface area contributed by atoms with Gasteiger partial charge in [-0.2, -0.15) is 4.31 Å². The summed E-state index contributed by atoms with van der Waals surface area (Å²) in [5, 5.41) is 8.59. The second kappa shape index (κ2) is 6.29. The number of rotatable bonds is 4. The van der Waals surface area contributed by atoms with Crippen molar-refractivity contribution in [2.75, 3.05) is 52.5 Å². The monoisotopic (exact) mass is 278 g/mol. The summed E-state index contributed by atoms with van der Waals surface area (Å²) in [6.07, 6.45) is 1.22. The fourth-order valence-electron chi connectivity index (χ4n) is 2.53. The summed E-state index contributed by atoms with van der Waals surface area (Å²) in [5.74, 6) is 0. The third kappa shape index (κ3) is 3.21. The van der Waals surface area contributed by atoms with Crippen LogP contribution in [-0.4, -0.2) is 80.5 Å². The van der Waals surface area contributed by atoms with Gasteiger partial charge in [0.1, 0.15) is 0 Å². The van der Waals surface area contributed by atoms with E-state index in [9.17, 15) is 8.42 Å². The number of ether oxygens (including phenoxy) is 1. The summed E-state index contributed by atoms with van der Waals surface area (Å²) >= 11 is 0. The molecule has 7 heteroatoms. The molecule has 0 radical (unpaired) electrons. The van der Waals surface area contributed by atoms with Crippen molar-refractivity contribution >= 4 is 10.0 Å². The second-order valence-electron chi connectivity index (χ2n) is 4.82. The lowest BCUT2D eigenvalue weighted by atomic mass is 10.2. The van der Waals surface area contributed by atoms with Gasteiger partial charge in [0.2, 0.25) is 10.0 Å². The van der Waals surface area contributed by atoms with Crippen molar-refractivity contribution in [2.24, 2.45) is 0 Å². The van der Waals surface area contributed by atoms with Gasteiger partial charge in [-0.1, -0.05) is 0 Å². The van der Waals surface area contributed by atoms with Gasteiger partial charge in [-0.15, -0.1) is 0 Å². The summed E-state index contributed by atoms with van der Waals surface area (Å²) < 4.78 is 31.6. The molecule has 106 valence electrons. The number of hydrogen-bond donors (Lipinski definition) is 1. The molecule has 2 fully saturated rings. The Kier molecular flexibility index (Phi) is 4.97. The van der Waals surface area contributed by atoms with Crippen molar-refractivity contribution in [3.05, 3.63) is 0 Å². The topological polar surface area (TPSA) is 70.1 Å². The third-order valence-electron chi connectivity index (χ3n) is 3.70. The Morgan fingerprint density at radius 2 is 1.72 bits per heavy atom. The molecule has 0 aromatic rings. The van der Waals surface area contributed by atoms with Crippen LogP contribution in [0.4, 0.5) is 0 Å². The van der Waals surface area contributed by atoms with E-state index >= 15 is 0 Å². The zero-order chi connectivity index (χ0) is 13.0. The van der Waals surface area contributed by atoms with Gasteiger partial charge < -0.3 is 9.84 Å². The lowest BCUT2D eigenvalue weighted by Gasteiger charge is -2.36. The van der Waals surface area contributed by atoms with Crippen molar-refractivity contribution in [3.8, 4) is 0 Å². The predicted molar refractivity (Wildman–Crippen MR) is 67.9 cm³/mol. The molecule has 0 bridgehead atoms. The van der Waals surface area contributed by atoms with Gasteiger partial charge in [0, 0.05) is 45.9 Å². The Morgan fingerprint density at radius 3 is 2.28 bits per heavy atom. The van der Waals surface area contributed by atoms with Gasteiger partial charge in [-0.25, -0.2) is 8.42 Å². The minimum absolute atomic E-state index is 0.132. The first-order valence-corrected chi connectivity index (χ1v) is 8.05. The van der Waals surface area contributed by atoms with E-state index < -0.39 is 10.0 Å². The van der Waals surface area contributed by atoms with Crippen LogP contribution in [0, 0.1) is 0 Å². The standard InChI is InChI=1S/C11H22N2O4S/c14-8-7-12-3-5-13(6-4-12)18(15,16)11-1-9-17-10-2-11/h11,14H,1-10H2. The molecule has 0 spiro atoms. The van der Waals surface area contributed by atoms with Crippen LogP contribution in [0.3, 0.4) is 0 Å². The van der Waals surface area contributed by atoms with Crippen molar-refractivity contribution in [2.45, 2.75) is 18.1 Å². The summed E-state index contributed by atoms with van der Waals surface area (Å²) in [7, 11) is -3.16. The van der Waals surface area contributed by atoms with Gasteiger partial charge >= 0.3 is 0 Å². The van der Waals surface area contributed by atoms with E-state index in [1.807, 2.05) is 0 Å². The Labute approximate surface area is 109 Å². The quantitative estimate of drug-likeness (QED) is 0.722. The number of β-amino-alcohol motifs (C(OH)–C–C–N with tert-alkyl or cyclic N) is 1. The summed E-state index contributed by atoms with van der Waals surface area (Å²) in [5.41, 5.74) is 0. The summed E-state index contributed by atoms with van der Waals surface area (Å²) in [6.45, 7) is 4.37. The molecule has 18 heavy (non-hydrogen) atoms. The second-order valence-corrected chi connectivity index (χ2v) is 7.03. The molecular formula is C11H22N2O4S. The number of sulfonamides is 1. The van der Waals surface area contributed by atoms with E-state index in [0.29, 0.717) is 58.8 Å². The normalized spacial score (nSPS) is 25.4. The van der Waals surface area contributed by atoms with Crippen LogP contribution in [0.15, 0.2) is 0 Å². The molecule has 2 heterocycles. The lowest BCUT2D eigenvalue weighted by molar-refractivity contribution is 0.0959. The molecule has 2 aliphatic rings. The Morgan fingerprint density at radius 1 is 1.11 bits per heavy atom. The molecule has 0 aliphatic carbocycles. The van der Waals surface area contributed by atoms with Crippen molar-refractivity contribution in [1.29, 1.82) is 0 Å². The van der Waals surface area contributed by atoms with E-state index in [4.69, 9.17) is 9.84 Å². The van der Waals surface area contributed by atoms with Gasteiger partial charge in [-0.3, -0.25) is 4.90 Å². The minimum Gasteiger partial charge on any atom is -0.395 e. The van der Waals surface area contributed by atoms with Crippen molar-refractivity contribution in [3.63, 3.8) is 0 Å². The van der Waals surface area contributed by atoms with E-state index in [2.05, 4.69) is 4.90 Å². The Bertz CT molecular complexity index is 346. The van der Waals surface area contributed by atoms with Gasteiger partial charge in [-0.05, 0) is 12.8 Å². The number of nitrogens with zero attached hydrogens (tertiary/aromatic N) is 2. The molecule has 2 saturated heterocycles. The third-order valence-corrected chi connectivity index (χ3v) is 6.10. The number of aliphatic hydroxyl groups is 1. The van der Waals surface area contributed by atoms with Crippen molar-refractivity contribution < 1.29 is 18.3 Å². The first kappa shape index (κ1) is 14.2. The van der Waals surface area contributed by atoms with E-state index in [-0.39, 0.29) is 11.9 Å². The molecule has 0 saturated carbocycles. The average molecular weight is 278 g/mol. The zero-order valence-electron chi connectivity index (χ0n) is 10.6. The number of aliphatic hydroxyl groups excluding tert-OH is 1. The van der Waals surface area contributed by atoms with E-state index in [1.54, 1.807) is 4.31 Å². The minimum atomic E-state index is -3.16. The SMILES string of the molecule is O=S(=O)(C1CCOCC1)N1CCN(CCO)CC1. The fourth-order valence-corrected chi connectivity index (χ4v) is 4.42. The highest BCUT2D eigenvalue weighted by atomic mass is 32.2. The molecule has 0 atom stereocenters. The summed E-state index contributed by atoms with van der Waals surface area (Å²) in [4.78, 5) is 2.09. The van der Waals surface area contributed by atoms with Crippen LogP contribution < -0.4 is 0 Å². The molecule has 1 N–H and O–H groups in total. The molecule has 2 aliphatic heterocycles. The van der Waals surface area contributed by atoms with Crippen LogP contribution in [0.2, 0.25) is 0 Å². The molecule has 6 nitrogen and oxygen atoms in total. The first-order chi connectivity index (χ1) is 8.64. The maximum absolute atomic E-state index is 12.4. The lowest BCUT2D eigenvalue weighted by Crippen LogP contribution is -2.52. The van der Waals surface area contributed by atoms with Crippen LogP contribution in [0.1, 0.15) is 12.8 Å². The van der Waals surface area contributed by atoms with Crippen molar-refractivity contribution in [1.82, 2.24) is 9.21 Å². The predicted octanol–water partition coefficient (Wildman–Crippen LogP) is -0.895. The molecule has 0 amide bonds. The largest absolute Gasteiger partial charge is 0.395 e. The molecule has 0 aromatic carbocycles. The fraction of sp³-hybridized carbons (Fsp3) is 1.00. The Hall–Kier alpha value is -0.210. The first-order valence-electron chi connectivity index (χ1n) is 6.54. The van der Waals surface area contributed by atoms with Crippen LogP contribution in [0.5, 0.6) is 0 Å². The maximum Gasteiger partial charge on any atom is 0.217 e. The van der Waals surface area contributed by atoms with Gasteiger partial charge in [0.25, 0.3) is 0 Å². The molecule has 2 rings (SSSR count). The highest BCUT2D eigenvalue weighted by Gasteiger charge is 2.34. The highest BCUT2D eigenvalue weighted by molar-refractivity contribution is 7.89. The maximum atomic E-state index is 12.4. The number of hydrogen-bond acceptors (Lipinski definition) is 5. The van der Waals surface area contributed by atoms with Crippen LogP contribution in [-0.2, 0) is 14.8 Å².